The first kappa shape index (κ1) is 14.7. The summed E-state index contributed by atoms with van der Waals surface area (Å²) in [5.74, 6) is 0.517. The molecule has 0 saturated heterocycles. The lowest BCUT2D eigenvalue weighted by Gasteiger charge is -2.19. The minimum atomic E-state index is -0.409. The summed E-state index contributed by atoms with van der Waals surface area (Å²) >= 11 is 0. The maximum Gasteiger partial charge on any atom is 0.152 e. The molecule has 0 radical (unpaired) electrons. The van der Waals surface area contributed by atoms with Crippen LogP contribution in [0.1, 0.15) is 26.3 Å². The van der Waals surface area contributed by atoms with Gasteiger partial charge in [-0.3, -0.25) is 4.79 Å². The number of fused-ring (bicyclic) bond motifs is 1. The summed E-state index contributed by atoms with van der Waals surface area (Å²) in [7, 11) is 0. The Morgan fingerprint density at radius 1 is 1.05 bits per heavy atom. The number of hydrogen-bond donors (Lipinski definition) is 1. The zero-order chi connectivity index (χ0) is 14.7. The van der Waals surface area contributed by atoms with Crippen LogP contribution in [0.5, 0.6) is 0 Å². The van der Waals surface area contributed by atoms with Crippen molar-refractivity contribution in [2.45, 2.75) is 33.2 Å². The summed E-state index contributed by atoms with van der Waals surface area (Å²) in [6.07, 6.45) is 0.612. The highest BCUT2D eigenvalue weighted by atomic mass is 16.1. The molecule has 0 bridgehead atoms. The summed E-state index contributed by atoms with van der Waals surface area (Å²) in [6, 6.07) is 14.1. The fraction of sp³-hybridized carbons (Fsp3) is 0.389. The van der Waals surface area contributed by atoms with Gasteiger partial charge in [-0.2, -0.15) is 0 Å². The van der Waals surface area contributed by atoms with Crippen LogP contribution in [-0.2, 0) is 11.2 Å². The number of hydrogen-bond acceptors (Lipinski definition) is 2. The number of carbonyl (C=O) groups is 1. The van der Waals surface area contributed by atoms with E-state index in [1.807, 2.05) is 19.1 Å². The van der Waals surface area contributed by atoms with E-state index in [0.29, 0.717) is 12.3 Å². The zero-order valence-electron chi connectivity index (χ0n) is 12.5. The number of Topliss-reactive ketones (excluding diaryl/α,β-unsaturated/α-hetero) is 1. The third-order valence-corrected chi connectivity index (χ3v) is 4.08. The van der Waals surface area contributed by atoms with Gasteiger partial charge in [0.2, 0.25) is 0 Å². The van der Waals surface area contributed by atoms with Crippen molar-refractivity contribution in [2.75, 3.05) is 0 Å². The van der Waals surface area contributed by atoms with Crippen LogP contribution in [0.4, 0.5) is 0 Å². The maximum atomic E-state index is 12.2. The lowest BCUT2D eigenvalue weighted by Crippen LogP contribution is -2.38. The molecule has 0 spiro atoms. The molecule has 0 aliphatic carbocycles. The molecule has 106 valence electrons. The van der Waals surface area contributed by atoms with Crippen molar-refractivity contribution in [1.82, 2.24) is 0 Å². The van der Waals surface area contributed by atoms with Crippen LogP contribution in [0.25, 0.3) is 10.8 Å². The van der Waals surface area contributed by atoms with E-state index in [0.717, 1.165) is 5.56 Å². The normalized spacial score (nSPS) is 14.4. The van der Waals surface area contributed by atoms with Gasteiger partial charge in [-0.05, 0) is 28.7 Å². The van der Waals surface area contributed by atoms with Crippen LogP contribution in [-0.4, -0.2) is 11.8 Å². The third-order valence-electron chi connectivity index (χ3n) is 4.08. The summed E-state index contributed by atoms with van der Waals surface area (Å²) in [5.41, 5.74) is 7.21. The molecule has 0 heterocycles. The topological polar surface area (TPSA) is 43.1 Å². The molecular formula is C18H23NO. The van der Waals surface area contributed by atoms with Crippen LogP contribution in [0.3, 0.4) is 0 Å². The molecule has 0 saturated carbocycles. The van der Waals surface area contributed by atoms with Gasteiger partial charge in [0.1, 0.15) is 0 Å². The molecule has 2 aromatic carbocycles. The lowest BCUT2D eigenvalue weighted by atomic mass is 9.87. The predicted octanol–water partition coefficient (Wildman–Crippen LogP) is 3.57. The molecule has 2 heteroatoms. The highest BCUT2D eigenvalue weighted by molar-refractivity contribution is 5.87. The van der Waals surface area contributed by atoms with Gasteiger partial charge in [0, 0.05) is 5.92 Å². The highest BCUT2D eigenvalue weighted by Gasteiger charge is 2.23. The quantitative estimate of drug-likeness (QED) is 0.901. The second-order valence-electron chi connectivity index (χ2n) is 5.93. The Morgan fingerprint density at radius 3 is 2.35 bits per heavy atom. The van der Waals surface area contributed by atoms with Crippen molar-refractivity contribution >= 4 is 16.6 Å². The average molecular weight is 269 g/mol. The maximum absolute atomic E-state index is 12.2. The predicted molar refractivity (Wildman–Crippen MR) is 84.6 cm³/mol. The summed E-state index contributed by atoms with van der Waals surface area (Å²) in [6.45, 7) is 6.09. The van der Waals surface area contributed by atoms with E-state index in [1.165, 1.54) is 10.8 Å². The van der Waals surface area contributed by atoms with Crippen LogP contribution >= 0.6 is 0 Å². The molecule has 0 aromatic heterocycles. The van der Waals surface area contributed by atoms with Crippen LogP contribution in [0.2, 0.25) is 0 Å². The van der Waals surface area contributed by atoms with Crippen molar-refractivity contribution < 1.29 is 4.79 Å². The third kappa shape index (κ3) is 3.26. The first-order valence-electron chi connectivity index (χ1n) is 7.26. The molecule has 0 aliphatic rings. The Labute approximate surface area is 121 Å². The SMILES string of the molecule is CC(C)C(C)C(=O)[C@@H](N)Cc1ccc2ccccc2c1. The standard InChI is InChI=1S/C18H23NO/c1-12(2)13(3)18(20)17(19)11-14-8-9-15-6-4-5-7-16(15)10-14/h4-10,12-13,17H,11,19H2,1-3H3/t13?,17-/m0/s1. The van der Waals surface area contributed by atoms with E-state index in [-0.39, 0.29) is 11.7 Å². The molecule has 1 unspecified atom stereocenters. The van der Waals surface area contributed by atoms with Gasteiger partial charge in [-0.1, -0.05) is 63.2 Å². The van der Waals surface area contributed by atoms with Gasteiger partial charge in [-0.25, -0.2) is 0 Å². The fourth-order valence-electron chi connectivity index (χ4n) is 2.39. The van der Waals surface area contributed by atoms with Crippen molar-refractivity contribution in [2.24, 2.45) is 17.6 Å². The Hall–Kier alpha value is -1.67. The van der Waals surface area contributed by atoms with E-state index in [2.05, 4.69) is 44.2 Å². The largest absolute Gasteiger partial charge is 0.321 e. The zero-order valence-corrected chi connectivity index (χ0v) is 12.5. The number of benzene rings is 2. The van der Waals surface area contributed by atoms with Gasteiger partial charge in [0.05, 0.1) is 6.04 Å². The second-order valence-corrected chi connectivity index (χ2v) is 5.93. The molecule has 2 rings (SSSR count). The van der Waals surface area contributed by atoms with Crippen molar-refractivity contribution in [3.05, 3.63) is 48.0 Å². The summed E-state index contributed by atoms with van der Waals surface area (Å²) < 4.78 is 0. The number of nitrogens with two attached hydrogens (primary N) is 1. The van der Waals surface area contributed by atoms with E-state index in [1.54, 1.807) is 0 Å². The number of rotatable bonds is 5. The van der Waals surface area contributed by atoms with E-state index in [9.17, 15) is 4.79 Å². The fourth-order valence-corrected chi connectivity index (χ4v) is 2.39. The Morgan fingerprint density at radius 2 is 1.70 bits per heavy atom. The minimum Gasteiger partial charge on any atom is -0.321 e. The first-order valence-corrected chi connectivity index (χ1v) is 7.26. The van der Waals surface area contributed by atoms with E-state index < -0.39 is 6.04 Å². The Balaban J connectivity index is 2.13. The molecule has 2 nitrogen and oxygen atoms in total. The monoisotopic (exact) mass is 269 g/mol. The van der Waals surface area contributed by atoms with Crippen molar-refractivity contribution in [3.8, 4) is 0 Å². The lowest BCUT2D eigenvalue weighted by molar-refractivity contribution is -0.124. The first-order chi connectivity index (χ1) is 9.49. The van der Waals surface area contributed by atoms with Crippen LogP contribution < -0.4 is 5.73 Å². The second kappa shape index (κ2) is 6.19. The number of ketones is 1. The molecule has 0 aliphatic heterocycles. The summed E-state index contributed by atoms with van der Waals surface area (Å²) in [4.78, 5) is 12.2. The highest BCUT2D eigenvalue weighted by Crippen LogP contribution is 2.18. The Kier molecular flexibility index (Phi) is 4.56. The van der Waals surface area contributed by atoms with Gasteiger partial charge in [-0.15, -0.1) is 0 Å². The van der Waals surface area contributed by atoms with Gasteiger partial charge < -0.3 is 5.73 Å². The smallest absolute Gasteiger partial charge is 0.152 e. The molecule has 0 amide bonds. The average Bonchev–Trinajstić information content (AvgIpc) is 2.45. The van der Waals surface area contributed by atoms with Crippen LogP contribution in [0, 0.1) is 11.8 Å². The molecule has 2 aromatic rings. The minimum absolute atomic E-state index is 0.0189. The summed E-state index contributed by atoms with van der Waals surface area (Å²) in [5, 5.41) is 2.41. The molecule has 0 fully saturated rings. The van der Waals surface area contributed by atoms with Crippen molar-refractivity contribution in [3.63, 3.8) is 0 Å². The van der Waals surface area contributed by atoms with Crippen LogP contribution in [0.15, 0.2) is 42.5 Å². The molecule has 20 heavy (non-hydrogen) atoms. The Bertz CT molecular complexity index is 603. The molecule has 2 N–H and O–H groups in total. The number of carbonyl (C=O) groups excluding carboxylic acids is 1. The van der Waals surface area contributed by atoms with E-state index in [4.69, 9.17) is 5.73 Å². The van der Waals surface area contributed by atoms with E-state index >= 15 is 0 Å². The van der Waals surface area contributed by atoms with Gasteiger partial charge in [0.15, 0.2) is 5.78 Å². The van der Waals surface area contributed by atoms with Crippen molar-refractivity contribution in [1.29, 1.82) is 0 Å². The molecular weight excluding hydrogens is 246 g/mol. The van der Waals surface area contributed by atoms with Gasteiger partial charge >= 0.3 is 0 Å². The molecule has 2 atom stereocenters. The van der Waals surface area contributed by atoms with Gasteiger partial charge in [0.25, 0.3) is 0 Å².